The number of fused-ring (bicyclic) bond motifs is 1. The van der Waals surface area contributed by atoms with Crippen molar-refractivity contribution in [2.75, 3.05) is 19.8 Å². The van der Waals surface area contributed by atoms with Gasteiger partial charge in [0.15, 0.2) is 11.5 Å². The quantitative estimate of drug-likeness (QED) is 0.893. The summed E-state index contributed by atoms with van der Waals surface area (Å²) in [4.78, 5) is 15.1. The van der Waals surface area contributed by atoms with E-state index >= 15 is 0 Å². The number of hydrogen-bond acceptors (Lipinski definition) is 6. The van der Waals surface area contributed by atoms with E-state index in [4.69, 9.17) is 15.5 Å². The van der Waals surface area contributed by atoms with Crippen molar-refractivity contribution in [1.82, 2.24) is 14.9 Å². The third-order valence-corrected chi connectivity index (χ3v) is 5.89. The first-order chi connectivity index (χ1) is 13.0. The van der Waals surface area contributed by atoms with Crippen molar-refractivity contribution in [3.63, 3.8) is 0 Å². The molecule has 27 heavy (non-hydrogen) atoms. The van der Waals surface area contributed by atoms with E-state index < -0.39 is 5.72 Å². The molecule has 2 aliphatic rings. The first-order valence-electron chi connectivity index (χ1n) is 9.65. The van der Waals surface area contributed by atoms with E-state index in [0.717, 1.165) is 11.3 Å². The van der Waals surface area contributed by atoms with Crippen molar-refractivity contribution < 1.29 is 4.74 Å². The Labute approximate surface area is 160 Å². The van der Waals surface area contributed by atoms with Crippen LogP contribution in [-0.4, -0.2) is 40.4 Å². The van der Waals surface area contributed by atoms with E-state index in [1.54, 1.807) is 0 Å². The van der Waals surface area contributed by atoms with E-state index in [1.165, 1.54) is 44.0 Å². The molecule has 1 fully saturated rings. The van der Waals surface area contributed by atoms with Crippen LogP contribution in [0.25, 0.3) is 0 Å². The molecule has 142 valence electrons. The molecule has 1 aromatic heterocycles. The number of aliphatic imine (C=N–C) groups is 1. The first kappa shape index (κ1) is 17.9. The van der Waals surface area contributed by atoms with Gasteiger partial charge >= 0.3 is 0 Å². The Kier molecular flexibility index (Phi) is 4.60. The first-order valence-corrected chi connectivity index (χ1v) is 9.65. The van der Waals surface area contributed by atoms with E-state index in [-0.39, 0.29) is 0 Å². The fourth-order valence-electron chi connectivity index (χ4n) is 3.99. The lowest BCUT2D eigenvalue weighted by atomic mass is 9.83. The summed E-state index contributed by atoms with van der Waals surface area (Å²) in [6.07, 6.45) is 8.03. The molecule has 0 radical (unpaired) electrons. The van der Waals surface area contributed by atoms with Crippen LogP contribution < -0.4 is 10.5 Å². The molecular weight excluding hydrogens is 338 g/mol. The fraction of sp³-hybridized carbons (Fsp3) is 0.476. The number of nitrogen functional groups attached to an aromatic ring is 1. The zero-order chi connectivity index (χ0) is 19.0. The molecule has 2 N–H and O–H groups in total. The van der Waals surface area contributed by atoms with E-state index in [1.807, 2.05) is 25.9 Å². The maximum Gasteiger partial charge on any atom is 0.247 e. The molecule has 1 atom stereocenters. The Balaban J connectivity index is 1.74. The second-order valence-electron chi connectivity index (χ2n) is 7.81. The van der Waals surface area contributed by atoms with Crippen molar-refractivity contribution in [2.45, 2.75) is 50.7 Å². The molecular formula is C21H27N5O. The SMILES string of the molecule is CN(C)C1(C)Oc2ncnc(N)c2N=C1c1ccc(C2CCCCC2)cc1. The average Bonchev–Trinajstić information content (AvgIpc) is 2.68. The van der Waals surface area contributed by atoms with Gasteiger partial charge in [0.25, 0.3) is 0 Å². The molecule has 0 spiro atoms. The van der Waals surface area contributed by atoms with Crippen LogP contribution in [0.1, 0.15) is 56.1 Å². The largest absolute Gasteiger partial charge is 0.448 e. The lowest BCUT2D eigenvalue weighted by Crippen LogP contribution is -2.55. The molecule has 2 heterocycles. The number of hydrogen-bond donors (Lipinski definition) is 1. The van der Waals surface area contributed by atoms with Gasteiger partial charge in [-0.3, -0.25) is 4.90 Å². The summed E-state index contributed by atoms with van der Waals surface area (Å²) >= 11 is 0. The minimum absolute atomic E-state index is 0.331. The van der Waals surface area contributed by atoms with Gasteiger partial charge in [0.1, 0.15) is 12.0 Å². The molecule has 1 unspecified atom stereocenters. The summed E-state index contributed by atoms with van der Waals surface area (Å²) in [6, 6.07) is 8.78. The van der Waals surface area contributed by atoms with Crippen LogP contribution in [0.5, 0.6) is 5.88 Å². The Morgan fingerprint density at radius 1 is 1.07 bits per heavy atom. The lowest BCUT2D eigenvalue weighted by molar-refractivity contribution is 0.0176. The Morgan fingerprint density at radius 2 is 1.78 bits per heavy atom. The molecule has 2 aromatic rings. The van der Waals surface area contributed by atoms with Gasteiger partial charge in [-0.15, -0.1) is 0 Å². The highest BCUT2D eigenvalue weighted by Gasteiger charge is 2.41. The zero-order valence-corrected chi connectivity index (χ0v) is 16.3. The summed E-state index contributed by atoms with van der Waals surface area (Å²) in [7, 11) is 3.95. The summed E-state index contributed by atoms with van der Waals surface area (Å²) in [5.41, 5.74) is 9.05. The van der Waals surface area contributed by atoms with Gasteiger partial charge in [-0.1, -0.05) is 43.5 Å². The van der Waals surface area contributed by atoms with Crippen LogP contribution in [0.3, 0.4) is 0 Å². The summed E-state index contributed by atoms with van der Waals surface area (Å²) in [6.45, 7) is 2.00. The number of nitrogens with zero attached hydrogens (tertiary/aromatic N) is 4. The minimum Gasteiger partial charge on any atom is -0.448 e. The normalized spacial score (nSPS) is 22.9. The maximum atomic E-state index is 6.24. The Morgan fingerprint density at radius 3 is 2.44 bits per heavy atom. The second-order valence-corrected chi connectivity index (χ2v) is 7.81. The average molecular weight is 365 g/mol. The Bertz CT molecular complexity index is 855. The Hall–Kier alpha value is -2.47. The van der Waals surface area contributed by atoms with E-state index in [9.17, 15) is 0 Å². The van der Waals surface area contributed by atoms with Crippen LogP contribution >= 0.6 is 0 Å². The molecule has 1 saturated carbocycles. The van der Waals surface area contributed by atoms with E-state index in [2.05, 4.69) is 34.2 Å². The van der Waals surface area contributed by atoms with Gasteiger partial charge in [-0.05, 0) is 45.3 Å². The monoisotopic (exact) mass is 365 g/mol. The van der Waals surface area contributed by atoms with Crippen molar-refractivity contribution in [2.24, 2.45) is 4.99 Å². The third kappa shape index (κ3) is 3.18. The predicted octanol–water partition coefficient (Wildman–Crippen LogP) is 3.90. The van der Waals surface area contributed by atoms with E-state index in [0.29, 0.717) is 23.3 Å². The maximum absolute atomic E-state index is 6.24. The summed E-state index contributed by atoms with van der Waals surface area (Å²) < 4.78 is 6.24. The smallest absolute Gasteiger partial charge is 0.247 e. The van der Waals surface area contributed by atoms with Gasteiger partial charge in [0.2, 0.25) is 11.6 Å². The predicted molar refractivity (Wildman–Crippen MR) is 108 cm³/mol. The van der Waals surface area contributed by atoms with Crippen LogP contribution in [0.4, 0.5) is 11.5 Å². The molecule has 1 aromatic carbocycles. The van der Waals surface area contributed by atoms with Gasteiger partial charge in [-0.25, -0.2) is 9.98 Å². The lowest BCUT2D eigenvalue weighted by Gasteiger charge is -2.40. The molecule has 1 aliphatic carbocycles. The summed E-state index contributed by atoms with van der Waals surface area (Å²) in [5, 5.41) is 0. The molecule has 0 amide bonds. The molecule has 0 saturated heterocycles. The highest BCUT2D eigenvalue weighted by molar-refractivity contribution is 6.09. The minimum atomic E-state index is -0.736. The zero-order valence-electron chi connectivity index (χ0n) is 16.3. The van der Waals surface area contributed by atoms with Gasteiger partial charge in [-0.2, -0.15) is 4.98 Å². The number of rotatable bonds is 3. The number of likely N-dealkylation sites (N-methyl/N-ethyl adjacent to an activating group) is 1. The third-order valence-electron chi connectivity index (χ3n) is 5.89. The summed E-state index contributed by atoms with van der Waals surface area (Å²) in [5.74, 6) is 1.43. The second kappa shape index (κ2) is 6.93. The standard InChI is InChI=1S/C21H27N5O/c1-21(26(2)3)18(25-17-19(22)23-13-24-20(17)27-21)16-11-9-15(10-12-16)14-7-5-4-6-8-14/h9-14H,4-8H2,1-3H3,(H2,22,23,24). The fourth-order valence-corrected chi connectivity index (χ4v) is 3.99. The van der Waals surface area contributed by atoms with Gasteiger partial charge < -0.3 is 10.5 Å². The number of nitrogens with two attached hydrogens (primary N) is 1. The van der Waals surface area contributed by atoms with Crippen LogP contribution in [-0.2, 0) is 0 Å². The number of anilines is 1. The number of ether oxygens (including phenoxy) is 1. The van der Waals surface area contributed by atoms with Gasteiger partial charge in [0, 0.05) is 5.56 Å². The van der Waals surface area contributed by atoms with Crippen LogP contribution in [0, 0.1) is 0 Å². The van der Waals surface area contributed by atoms with Crippen molar-refractivity contribution in [1.29, 1.82) is 0 Å². The molecule has 4 rings (SSSR count). The number of aromatic nitrogens is 2. The van der Waals surface area contributed by atoms with Crippen LogP contribution in [0.15, 0.2) is 35.6 Å². The van der Waals surface area contributed by atoms with Gasteiger partial charge in [0.05, 0.1) is 0 Å². The van der Waals surface area contributed by atoms with Crippen molar-refractivity contribution in [3.8, 4) is 5.88 Å². The highest BCUT2D eigenvalue weighted by atomic mass is 16.5. The topological polar surface area (TPSA) is 76.6 Å². The molecule has 0 bridgehead atoms. The molecule has 6 nitrogen and oxygen atoms in total. The highest BCUT2D eigenvalue weighted by Crippen LogP contribution is 2.40. The molecule has 6 heteroatoms. The van der Waals surface area contributed by atoms with Crippen molar-refractivity contribution in [3.05, 3.63) is 41.7 Å². The molecule has 1 aliphatic heterocycles. The van der Waals surface area contributed by atoms with Crippen molar-refractivity contribution >= 4 is 17.2 Å². The van der Waals surface area contributed by atoms with Crippen LogP contribution in [0.2, 0.25) is 0 Å². The number of benzene rings is 1.